The maximum atomic E-state index is 13.8. The molecule has 176 valence electrons. The van der Waals surface area contributed by atoms with E-state index in [1.165, 1.54) is 6.07 Å². The summed E-state index contributed by atoms with van der Waals surface area (Å²) in [7, 11) is 1.58. The molecule has 2 aromatic carbocycles. The molecule has 0 bridgehead atoms. The molecule has 34 heavy (non-hydrogen) atoms. The Bertz CT molecular complexity index is 1180. The van der Waals surface area contributed by atoms with Crippen LogP contribution >= 0.6 is 0 Å². The van der Waals surface area contributed by atoms with Crippen molar-refractivity contribution < 1.29 is 19.4 Å². The first kappa shape index (κ1) is 22.2. The molecule has 1 aromatic heterocycles. The number of benzene rings is 2. The van der Waals surface area contributed by atoms with E-state index in [1.54, 1.807) is 22.9 Å². The molecular formula is C26H27N3O5. The number of methoxy groups -OCH3 is 1. The van der Waals surface area contributed by atoms with Crippen LogP contribution in [0.5, 0.6) is 5.75 Å². The number of carbonyl (C=O) groups is 1. The minimum atomic E-state index is -0.847. The van der Waals surface area contributed by atoms with Gasteiger partial charge in [-0.05, 0) is 11.1 Å². The van der Waals surface area contributed by atoms with Crippen molar-refractivity contribution in [3.05, 3.63) is 100.0 Å². The van der Waals surface area contributed by atoms with Gasteiger partial charge in [-0.25, -0.2) is 0 Å². The van der Waals surface area contributed by atoms with E-state index in [0.717, 1.165) is 11.1 Å². The topological polar surface area (TPSA) is 84.2 Å². The highest BCUT2D eigenvalue weighted by Gasteiger charge is 2.55. The minimum absolute atomic E-state index is 0.0574. The van der Waals surface area contributed by atoms with Gasteiger partial charge in [0, 0.05) is 32.3 Å². The van der Waals surface area contributed by atoms with Crippen molar-refractivity contribution in [2.24, 2.45) is 0 Å². The van der Waals surface area contributed by atoms with Gasteiger partial charge in [0.2, 0.25) is 5.43 Å². The van der Waals surface area contributed by atoms with E-state index in [0.29, 0.717) is 19.6 Å². The zero-order valence-corrected chi connectivity index (χ0v) is 19.0. The average Bonchev–Trinajstić information content (AvgIpc) is 3.35. The summed E-state index contributed by atoms with van der Waals surface area (Å²) < 4.78 is 12.9. The van der Waals surface area contributed by atoms with Crippen LogP contribution in [0.1, 0.15) is 34.1 Å². The van der Waals surface area contributed by atoms with Crippen molar-refractivity contribution in [3.63, 3.8) is 0 Å². The largest absolute Gasteiger partial charge is 0.502 e. The van der Waals surface area contributed by atoms with E-state index in [4.69, 9.17) is 9.47 Å². The maximum absolute atomic E-state index is 13.8. The summed E-state index contributed by atoms with van der Waals surface area (Å²) in [5.41, 5.74) is 0.509. The van der Waals surface area contributed by atoms with Gasteiger partial charge in [0.25, 0.3) is 5.91 Å². The van der Waals surface area contributed by atoms with E-state index >= 15 is 0 Å². The lowest BCUT2D eigenvalue weighted by molar-refractivity contribution is 0.00630. The van der Waals surface area contributed by atoms with Gasteiger partial charge in [0.1, 0.15) is 0 Å². The number of carbonyl (C=O) groups excluding carboxylic acids is 1. The molecule has 5 rings (SSSR count). The molecule has 8 nitrogen and oxygen atoms in total. The van der Waals surface area contributed by atoms with Crippen molar-refractivity contribution in [1.82, 2.24) is 9.58 Å². The van der Waals surface area contributed by atoms with Gasteiger partial charge >= 0.3 is 0 Å². The Hall–Kier alpha value is -3.62. The fourth-order valence-electron chi connectivity index (χ4n) is 5.08. The van der Waals surface area contributed by atoms with Gasteiger partial charge < -0.3 is 19.5 Å². The summed E-state index contributed by atoms with van der Waals surface area (Å²) in [5.74, 6) is -0.984. The molecule has 1 N–H and O–H groups in total. The molecule has 1 saturated heterocycles. The summed E-state index contributed by atoms with van der Waals surface area (Å²) in [6, 6.07) is 21.0. The summed E-state index contributed by atoms with van der Waals surface area (Å²) >= 11 is 0. The number of hydrogen-bond donors (Lipinski definition) is 1. The van der Waals surface area contributed by atoms with E-state index in [-0.39, 0.29) is 24.9 Å². The van der Waals surface area contributed by atoms with Gasteiger partial charge in [-0.15, -0.1) is 0 Å². The van der Waals surface area contributed by atoms with Crippen molar-refractivity contribution in [2.75, 3.05) is 38.5 Å². The normalized spacial score (nSPS) is 19.8. The van der Waals surface area contributed by atoms with Crippen molar-refractivity contribution in [1.29, 1.82) is 0 Å². The number of pyridine rings is 1. The molecule has 0 aliphatic carbocycles. The number of ether oxygens (including phenoxy) is 2. The molecule has 3 aromatic rings. The van der Waals surface area contributed by atoms with E-state index in [2.05, 4.69) is 5.01 Å². The van der Waals surface area contributed by atoms with Gasteiger partial charge in [-0.3, -0.25) is 19.3 Å². The Morgan fingerprint density at radius 3 is 2.24 bits per heavy atom. The lowest BCUT2D eigenvalue weighted by atomic mass is 9.92. The number of amides is 1. The first-order valence-corrected chi connectivity index (χ1v) is 11.3. The van der Waals surface area contributed by atoms with E-state index in [1.807, 2.05) is 60.7 Å². The molecule has 8 heteroatoms. The fourth-order valence-corrected chi connectivity index (χ4v) is 5.08. The number of rotatable bonds is 6. The Morgan fingerprint density at radius 2 is 1.68 bits per heavy atom. The van der Waals surface area contributed by atoms with Crippen LogP contribution in [0.25, 0.3) is 0 Å². The molecule has 1 spiro atoms. The third kappa shape index (κ3) is 3.46. The highest BCUT2D eigenvalue weighted by atomic mass is 16.5. The highest BCUT2D eigenvalue weighted by molar-refractivity contribution is 5.97. The Balaban J connectivity index is 1.82. The zero-order valence-electron chi connectivity index (χ0n) is 19.0. The van der Waals surface area contributed by atoms with Crippen LogP contribution in [0.2, 0.25) is 0 Å². The third-order valence-electron chi connectivity index (χ3n) is 6.64. The molecule has 1 amide bonds. The van der Waals surface area contributed by atoms with Crippen molar-refractivity contribution in [2.45, 2.75) is 18.1 Å². The summed E-state index contributed by atoms with van der Waals surface area (Å²) in [6.45, 7) is 1.35. The Labute approximate surface area is 197 Å². The van der Waals surface area contributed by atoms with Gasteiger partial charge in [-0.1, -0.05) is 60.7 Å². The molecule has 0 radical (unpaired) electrons. The van der Waals surface area contributed by atoms with Crippen LogP contribution in [-0.4, -0.2) is 59.7 Å². The third-order valence-corrected chi connectivity index (χ3v) is 6.64. The first-order chi connectivity index (χ1) is 16.6. The van der Waals surface area contributed by atoms with Crippen molar-refractivity contribution in [3.8, 4) is 5.75 Å². The SMILES string of the molecule is COCCN1C(=O)c2c(O)c(=O)ccn2N(C(c2ccccc2)c2ccccc2)C12CCOC2. The maximum Gasteiger partial charge on any atom is 0.278 e. The second-order valence-corrected chi connectivity index (χ2v) is 8.52. The molecule has 3 heterocycles. The van der Waals surface area contributed by atoms with Crippen molar-refractivity contribution >= 4 is 5.91 Å². The average molecular weight is 462 g/mol. The van der Waals surface area contributed by atoms with E-state index in [9.17, 15) is 14.7 Å². The molecule has 0 saturated carbocycles. The summed E-state index contributed by atoms with van der Waals surface area (Å²) in [4.78, 5) is 27.8. The van der Waals surface area contributed by atoms with Crippen LogP contribution < -0.4 is 10.4 Å². The lowest BCUT2D eigenvalue weighted by Gasteiger charge is -2.56. The first-order valence-electron chi connectivity index (χ1n) is 11.3. The van der Waals surface area contributed by atoms with Crippen LogP contribution in [0, 0.1) is 0 Å². The van der Waals surface area contributed by atoms with Gasteiger partial charge in [0.15, 0.2) is 17.1 Å². The number of aromatic nitrogens is 1. The number of hydrogen-bond acceptors (Lipinski definition) is 6. The second kappa shape index (κ2) is 8.96. The molecule has 1 unspecified atom stereocenters. The molecule has 2 aliphatic heterocycles. The number of nitrogens with zero attached hydrogens (tertiary/aromatic N) is 3. The highest BCUT2D eigenvalue weighted by Crippen LogP contribution is 2.43. The van der Waals surface area contributed by atoms with Crippen LogP contribution in [-0.2, 0) is 9.47 Å². The quantitative estimate of drug-likeness (QED) is 0.607. The Kier molecular flexibility index (Phi) is 5.85. The number of fused-ring (bicyclic) bond motifs is 1. The number of aromatic hydroxyl groups is 1. The van der Waals surface area contributed by atoms with Gasteiger partial charge in [0.05, 0.1) is 25.9 Å². The predicted molar refractivity (Wildman–Crippen MR) is 126 cm³/mol. The standard InChI is InChI=1S/C26H27N3O5/c1-33-17-15-27-25(32)23-24(31)21(30)12-14-28(23)29(26(27)13-16-34-18-26)22(19-8-4-2-5-9-19)20-10-6-3-7-11-20/h2-12,14,22,31H,13,15-18H2,1H3. The lowest BCUT2D eigenvalue weighted by Crippen LogP contribution is -2.72. The molecule has 2 aliphatic rings. The Morgan fingerprint density at radius 1 is 1.03 bits per heavy atom. The molecular weight excluding hydrogens is 434 g/mol. The predicted octanol–water partition coefficient (Wildman–Crippen LogP) is 2.50. The fraction of sp³-hybridized carbons (Fsp3) is 0.308. The smallest absolute Gasteiger partial charge is 0.278 e. The zero-order chi connectivity index (χ0) is 23.7. The van der Waals surface area contributed by atoms with Crippen LogP contribution in [0.3, 0.4) is 0 Å². The summed E-state index contributed by atoms with van der Waals surface area (Å²) in [5, 5.41) is 12.8. The molecule has 1 atom stereocenters. The summed E-state index contributed by atoms with van der Waals surface area (Å²) in [6.07, 6.45) is 2.13. The van der Waals surface area contributed by atoms with Gasteiger partial charge in [-0.2, -0.15) is 0 Å². The second-order valence-electron chi connectivity index (χ2n) is 8.52. The minimum Gasteiger partial charge on any atom is -0.502 e. The van der Waals surface area contributed by atoms with E-state index < -0.39 is 22.7 Å². The van der Waals surface area contributed by atoms with Crippen LogP contribution in [0.15, 0.2) is 77.7 Å². The monoisotopic (exact) mass is 461 g/mol. The molecule has 1 fully saturated rings. The van der Waals surface area contributed by atoms with Crippen LogP contribution in [0.4, 0.5) is 0 Å².